The van der Waals surface area contributed by atoms with Crippen molar-refractivity contribution in [2.45, 2.75) is 26.2 Å². The molecule has 0 aliphatic rings. The lowest BCUT2D eigenvalue weighted by molar-refractivity contribution is 0.682. The van der Waals surface area contributed by atoms with E-state index in [0.29, 0.717) is 5.11 Å². The van der Waals surface area contributed by atoms with E-state index in [0.717, 1.165) is 31.7 Å². The van der Waals surface area contributed by atoms with Crippen LogP contribution in [0.2, 0.25) is 0 Å². The fourth-order valence-electron chi connectivity index (χ4n) is 0.919. The van der Waals surface area contributed by atoms with Crippen LogP contribution in [0.3, 0.4) is 0 Å². The maximum Gasteiger partial charge on any atom is 0.166 e. The van der Waals surface area contributed by atoms with Crippen molar-refractivity contribution in [1.29, 1.82) is 0 Å². The van der Waals surface area contributed by atoms with E-state index in [9.17, 15) is 4.21 Å². The molecule has 84 valence electrons. The Morgan fingerprint density at radius 3 is 2.36 bits per heavy atom. The molecule has 2 N–H and O–H groups in total. The molecule has 0 aromatic rings. The van der Waals surface area contributed by atoms with E-state index in [4.69, 9.17) is 12.2 Å². The summed E-state index contributed by atoms with van der Waals surface area (Å²) in [5.74, 6) is 0.741. The van der Waals surface area contributed by atoms with Gasteiger partial charge in [-0.2, -0.15) is 0 Å². The average molecular weight is 236 g/mol. The minimum atomic E-state index is -0.691. The van der Waals surface area contributed by atoms with Crippen molar-refractivity contribution in [3.63, 3.8) is 0 Å². The summed E-state index contributed by atoms with van der Waals surface area (Å²) in [5, 5.41) is 6.91. The van der Waals surface area contributed by atoms with Crippen molar-refractivity contribution in [3.8, 4) is 0 Å². The van der Waals surface area contributed by atoms with Crippen molar-refractivity contribution in [2.75, 3.05) is 25.1 Å². The molecule has 1 unspecified atom stereocenters. The number of rotatable bonds is 7. The van der Waals surface area contributed by atoms with E-state index in [1.54, 1.807) is 6.26 Å². The van der Waals surface area contributed by atoms with Crippen LogP contribution in [0.1, 0.15) is 26.2 Å². The van der Waals surface area contributed by atoms with Gasteiger partial charge in [0.25, 0.3) is 0 Å². The molecule has 0 rings (SSSR count). The molecule has 0 radical (unpaired) electrons. The van der Waals surface area contributed by atoms with Crippen LogP contribution in [0, 0.1) is 0 Å². The molecular weight excluding hydrogens is 216 g/mol. The van der Waals surface area contributed by atoms with Gasteiger partial charge in [0.1, 0.15) is 0 Å². The minimum Gasteiger partial charge on any atom is -0.363 e. The van der Waals surface area contributed by atoms with Crippen LogP contribution in [-0.4, -0.2) is 34.4 Å². The first-order valence-corrected chi connectivity index (χ1v) is 7.12. The zero-order chi connectivity index (χ0) is 10.8. The van der Waals surface area contributed by atoms with Gasteiger partial charge in [0.05, 0.1) is 0 Å². The van der Waals surface area contributed by atoms with Gasteiger partial charge in [-0.25, -0.2) is 0 Å². The molecule has 0 aliphatic heterocycles. The summed E-state index contributed by atoms with van der Waals surface area (Å²) in [4.78, 5) is 0. The molecule has 0 saturated carbocycles. The molecule has 5 heteroatoms. The molecule has 1 atom stereocenters. The van der Waals surface area contributed by atoms with Crippen molar-refractivity contribution >= 4 is 28.1 Å². The van der Waals surface area contributed by atoms with Gasteiger partial charge in [0, 0.05) is 35.9 Å². The zero-order valence-corrected chi connectivity index (χ0v) is 10.6. The molecule has 0 bridgehead atoms. The molecule has 3 nitrogen and oxygen atoms in total. The molecular formula is C9H20N2OS2. The monoisotopic (exact) mass is 236 g/mol. The maximum atomic E-state index is 10.7. The number of nitrogens with one attached hydrogen (secondary N) is 2. The summed E-state index contributed by atoms with van der Waals surface area (Å²) in [6.07, 6.45) is 4.93. The second kappa shape index (κ2) is 9.40. The molecule has 0 fully saturated rings. The Labute approximate surface area is 94.5 Å². The SMILES string of the molecule is CCCCNC(=S)NCCCS(C)=O. The van der Waals surface area contributed by atoms with Crippen molar-refractivity contribution in [1.82, 2.24) is 10.6 Å². The van der Waals surface area contributed by atoms with Crippen molar-refractivity contribution in [3.05, 3.63) is 0 Å². The average Bonchev–Trinajstić information content (AvgIpc) is 2.13. The van der Waals surface area contributed by atoms with Crippen LogP contribution in [0.25, 0.3) is 0 Å². The lowest BCUT2D eigenvalue weighted by Crippen LogP contribution is -2.36. The van der Waals surface area contributed by atoms with Gasteiger partial charge in [-0.1, -0.05) is 13.3 Å². The van der Waals surface area contributed by atoms with Gasteiger partial charge < -0.3 is 10.6 Å². The van der Waals surface area contributed by atoms with E-state index in [-0.39, 0.29) is 0 Å². The van der Waals surface area contributed by atoms with Gasteiger partial charge in [0.2, 0.25) is 0 Å². The molecule has 0 aromatic heterocycles. The largest absolute Gasteiger partial charge is 0.363 e. The Morgan fingerprint density at radius 1 is 1.29 bits per heavy atom. The third-order valence-corrected chi connectivity index (χ3v) is 2.86. The number of unbranched alkanes of at least 4 members (excludes halogenated alkanes) is 1. The standard InChI is InChI=1S/C9H20N2OS2/c1-3-4-6-10-9(13)11-7-5-8-14(2)12/h3-8H2,1-2H3,(H2,10,11,13). The fourth-order valence-corrected chi connectivity index (χ4v) is 1.67. The normalized spacial score (nSPS) is 12.1. The van der Waals surface area contributed by atoms with Crippen molar-refractivity contribution < 1.29 is 4.21 Å². The second-order valence-electron chi connectivity index (χ2n) is 3.17. The predicted molar refractivity (Wildman–Crippen MR) is 67.1 cm³/mol. The third-order valence-electron chi connectivity index (χ3n) is 1.71. The highest BCUT2D eigenvalue weighted by molar-refractivity contribution is 7.84. The van der Waals surface area contributed by atoms with Crippen molar-refractivity contribution in [2.24, 2.45) is 0 Å². The maximum absolute atomic E-state index is 10.7. The Kier molecular flexibility index (Phi) is 9.29. The summed E-state index contributed by atoms with van der Waals surface area (Å²) < 4.78 is 10.7. The van der Waals surface area contributed by atoms with Crippen LogP contribution in [0.5, 0.6) is 0 Å². The van der Waals surface area contributed by atoms with Crippen LogP contribution >= 0.6 is 12.2 Å². The van der Waals surface area contributed by atoms with Gasteiger partial charge in [-0.05, 0) is 25.1 Å². The van der Waals surface area contributed by atoms with Crippen LogP contribution < -0.4 is 10.6 Å². The van der Waals surface area contributed by atoms with E-state index < -0.39 is 10.8 Å². The molecule has 0 amide bonds. The third kappa shape index (κ3) is 9.92. The van der Waals surface area contributed by atoms with Crippen LogP contribution in [0.15, 0.2) is 0 Å². The van der Waals surface area contributed by atoms with Gasteiger partial charge >= 0.3 is 0 Å². The van der Waals surface area contributed by atoms with Crippen LogP contribution in [-0.2, 0) is 10.8 Å². The van der Waals surface area contributed by atoms with E-state index >= 15 is 0 Å². The summed E-state index contributed by atoms with van der Waals surface area (Å²) in [6.45, 7) is 3.88. The smallest absolute Gasteiger partial charge is 0.166 e. The van der Waals surface area contributed by atoms with Gasteiger partial charge in [-0.3, -0.25) is 4.21 Å². The van der Waals surface area contributed by atoms with Gasteiger partial charge in [-0.15, -0.1) is 0 Å². The molecule has 0 spiro atoms. The number of thiocarbonyl (C=S) groups is 1. The van der Waals surface area contributed by atoms with E-state index in [2.05, 4.69) is 17.6 Å². The predicted octanol–water partition coefficient (Wildman–Crippen LogP) is 1.02. The number of hydrogen-bond donors (Lipinski definition) is 2. The lowest BCUT2D eigenvalue weighted by Gasteiger charge is -2.09. The first-order valence-electron chi connectivity index (χ1n) is 4.98. The highest BCUT2D eigenvalue weighted by Crippen LogP contribution is 1.84. The minimum absolute atomic E-state index is 0.691. The Bertz CT molecular complexity index is 186. The molecule has 0 saturated heterocycles. The van der Waals surface area contributed by atoms with Gasteiger partial charge in [0.15, 0.2) is 5.11 Å². The summed E-state index contributed by atoms with van der Waals surface area (Å²) in [5.41, 5.74) is 0. The summed E-state index contributed by atoms with van der Waals surface area (Å²) in [6, 6.07) is 0. The lowest BCUT2D eigenvalue weighted by atomic mass is 10.3. The quantitative estimate of drug-likeness (QED) is 0.511. The Morgan fingerprint density at radius 2 is 1.86 bits per heavy atom. The fraction of sp³-hybridized carbons (Fsp3) is 0.889. The topological polar surface area (TPSA) is 41.1 Å². The zero-order valence-electron chi connectivity index (χ0n) is 8.97. The molecule has 0 heterocycles. The van der Waals surface area contributed by atoms with E-state index in [1.807, 2.05) is 0 Å². The second-order valence-corrected chi connectivity index (χ2v) is 5.13. The molecule has 0 aromatic carbocycles. The number of hydrogen-bond acceptors (Lipinski definition) is 2. The van der Waals surface area contributed by atoms with E-state index in [1.165, 1.54) is 6.42 Å². The molecule has 0 aliphatic carbocycles. The first-order chi connectivity index (χ1) is 6.66. The van der Waals surface area contributed by atoms with Crippen LogP contribution in [0.4, 0.5) is 0 Å². The summed E-state index contributed by atoms with van der Waals surface area (Å²) >= 11 is 5.05. The molecule has 14 heavy (non-hydrogen) atoms. The summed E-state index contributed by atoms with van der Waals surface area (Å²) in [7, 11) is -0.691. The highest BCUT2D eigenvalue weighted by atomic mass is 32.2. The first kappa shape index (κ1) is 13.8. The Balaban J connectivity index is 3.22. The Hall–Kier alpha value is -0.160. The highest BCUT2D eigenvalue weighted by Gasteiger charge is 1.94.